The fraction of sp³-hybridized carbons (Fsp3) is 0.882. The Morgan fingerprint density at radius 2 is 1.96 bits per heavy atom. The normalized spacial score (nSPS) is 16.1. The predicted octanol–water partition coefficient (Wildman–Crippen LogP) is 2.06. The molecule has 0 saturated heterocycles. The van der Waals surface area contributed by atoms with Gasteiger partial charge in [-0.1, -0.05) is 34.1 Å². The Labute approximate surface area is 146 Å². The molecule has 0 radical (unpaired) electrons. The van der Waals surface area contributed by atoms with E-state index in [4.69, 9.17) is 11.3 Å². The number of nitrogens with zero attached hydrogens (tertiary/aromatic N) is 1. The van der Waals surface area contributed by atoms with Crippen LogP contribution in [-0.4, -0.2) is 37.5 Å². The van der Waals surface area contributed by atoms with Crippen molar-refractivity contribution in [3.63, 3.8) is 0 Å². The monoisotopic (exact) mass is 341 g/mol. The third-order valence-electron chi connectivity index (χ3n) is 4.51. The molecule has 4 atom stereocenters. The zero-order chi connectivity index (χ0) is 18.5. The second kappa shape index (κ2) is 12.9. The van der Waals surface area contributed by atoms with Gasteiger partial charge in [-0.2, -0.15) is 5.11 Å². The first-order valence-electron chi connectivity index (χ1n) is 8.94. The quantitative estimate of drug-likeness (QED) is 0.220. The van der Waals surface area contributed by atoms with Gasteiger partial charge in [-0.3, -0.25) is 9.59 Å². The van der Waals surface area contributed by atoms with Crippen LogP contribution in [-0.2, 0) is 9.59 Å². The number of hydrogen-bond acceptors (Lipinski definition) is 5. The fourth-order valence-corrected chi connectivity index (χ4v) is 2.66. The van der Waals surface area contributed by atoms with Crippen molar-refractivity contribution in [3.05, 3.63) is 0 Å². The maximum Gasteiger partial charge on any atom is 0.222 e. The highest BCUT2D eigenvalue weighted by molar-refractivity contribution is 5.78. The van der Waals surface area contributed by atoms with E-state index in [0.717, 1.165) is 12.8 Å². The zero-order valence-electron chi connectivity index (χ0n) is 15.5. The Balaban J connectivity index is 4.54. The molecular formula is C17H35N5O2. The Bertz CT molecular complexity index is 376. The van der Waals surface area contributed by atoms with Crippen LogP contribution in [0.15, 0.2) is 5.11 Å². The first kappa shape index (κ1) is 22.5. The highest BCUT2D eigenvalue weighted by atomic mass is 16.1. The topological polar surface area (TPSA) is 120 Å². The molecule has 0 aliphatic carbocycles. The molecule has 7 heteroatoms. The molecule has 0 aliphatic heterocycles. The second-order valence-corrected chi connectivity index (χ2v) is 6.91. The lowest BCUT2D eigenvalue weighted by molar-refractivity contribution is -0.124. The number of nitrogens with one attached hydrogen (secondary N) is 3. The Morgan fingerprint density at radius 1 is 1.29 bits per heavy atom. The summed E-state index contributed by atoms with van der Waals surface area (Å²) in [6, 6.07) is -0.677. The lowest BCUT2D eigenvalue weighted by Crippen LogP contribution is -2.41. The number of unbranched alkanes of at least 4 members (excludes halogenated alkanes) is 1. The molecule has 0 aromatic rings. The van der Waals surface area contributed by atoms with Crippen LogP contribution in [0.5, 0.6) is 0 Å². The van der Waals surface area contributed by atoms with Gasteiger partial charge in [0.05, 0.1) is 6.04 Å². The van der Waals surface area contributed by atoms with Gasteiger partial charge in [0, 0.05) is 25.0 Å². The van der Waals surface area contributed by atoms with Gasteiger partial charge in [0.25, 0.3) is 0 Å². The summed E-state index contributed by atoms with van der Waals surface area (Å²) >= 11 is 0. The van der Waals surface area contributed by atoms with Crippen molar-refractivity contribution in [2.75, 3.05) is 13.1 Å². The molecule has 0 bridgehead atoms. The van der Waals surface area contributed by atoms with E-state index >= 15 is 0 Å². The molecule has 5 N–H and O–H groups in total. The minimum absolute atomic E-state index is 0.00524. The van der Waals surface area contributed by atoms with Crippen LogP contribution in [0.2, 0.25) is 0 Å². The Hall–Kier alpha value is -1.50. The lowest BCUT2D eigenvalue weighted by atomic mass is 9.85. The average molecular weight is 342 g/mol. The number of amides is 2. The second-order valence-electron chi connectivity index (χ2n) is 6.91. The predicted molar refractivity (Wildman–Crippen MR) is 95.6 cm³/mol. The molecule has 24 heavy (non-hydrogen) atoms. The minimum Gasteiger partial charge on any atom is -0.358 e. The minimum atomic E-state index is -0.341. The van der Waals surface area contributed by atoms with Gasteiger partial charge in [-0.05, 0) is 31.1 Å². The molecule has 0 fully saturated rings. The average Bonchev–Trinajstić information content (AvgIpc) is 2.54. The summed E-state index contributed by atoms with van der Waals surface area (Å²) in [5, 5.41) is 9.29. The van der Waals surface area contributed by atoms with E-state index in [2.05, 4.69) is 36.5 Å². The largest absolute Gasteiger partial charge is 0.358 e. The summed E-state index contributed by atoms with van der Waals surface area (Å²) < 4.78 is 0. The molecule has 0 aromatic heterocycles. The molecule has 7 nitrogen and oxygen atoms in total. The summed E-state index contributed by atoms with van der Waals surface area (Å²) in [6.45, 7) is 9.33. The van der Waals surface area contributed by atoms with E-state index in [1.54, 1.807) is 0 Å². The van der Waals surface area contributed by atoms with Crippen LogP contribution < -0.4 is 16.4 Å². The van der Waals surface area contributed by atoms with Crippen molar-refractivity contribution in [2.45, 2.75) is 65.5 Å². The maximum absolute atomic E-state index is 12.0. The molecule has 0 spiro atoms. The highest BCUT2D eigenvalue weighted by Gasteiger charge is 2.26. The lowest BCUT2D eigenvalue weighted by Gasteiger charge is -2.27. The number of rotatable bonds is 14. The van der Waals surface area contributed by atoms with Crippen molar-refractivity contribution in [2.24, 2.45) is 28.6 Å². The van der Waals surface area contributed by atoms with Gasteiger partial charge in [0.15, 0.2) is 0 Å². The van der Waals surface area contributed by atoms with E-state index in [1.807, 2.05) is 6.92 Å². The number of nitrogens with two attached hydrogens (primary N) is 1. The van der Waals surface area contributed by atoms with Crippen LogP contribution >= 0.6 is 0 Å². The first-order chi connectivity index (χ1) is 11.4. The van der Waals surface area contributed by atoms with Crippen molar-refractivity contribution < 1.29 is 9.59 Å². The SMILES string of the molecule is CCCCNC(=O)[C@H](C)C[C@H](N)[C@H](C[C@H](CNC=O)C(C)C)N=N. The molecule has 0 unspecified atom stereocenters. The molecule has 140 valence electrons. The maximum atomic E-state index is 12.0. The van der Waals surface area contributed by atoms with Crippen LogP contribution in [0.4, 0.5) is 0 Å². The standard InChI is InChI=1S/C17H35N5O2/c1-5-6-7-21-17(24)13(4)8-15(18)16(22-19)9-14(12(2)3)10-20-11-23/h11-16,19H,5-10,18H2,1-4H3,(H,20,23)(H,21,24)/t13-,14-,15+,16+/m1/s1. The van der Waals surface area contributed by atoms with E-state index in [1.165, 1.54) is 0 Å². The summed E-state index contributed by atoms with van der Waals surface area (Å²) in [5.41, 5.74) is 13.7. The summed E-state index contributed by atoms with van der Waals surface area (Å²) in [6.07, 6.45) is 3.82. The molecule has 0 heterocycles. The van der Waals surface area contributed by atoms with Crippen LogP contribution in [0.25, 0.3) is 0 Å². The smallest absolute Gasteiger partial charge is 0.222 e. The molecule has 0 aliphatic rings. The van der Waals surface area contributed by atoms with Crippen LogP contribution in [0, 0.1) is 23.3 Å². The Kier molecular flexibility index (Phi) is 12.1. The summed E-state index contributed by atoms with van der Waals surface area (Å²) in [5.74, 6) is 0.357. The van der Waals surface area contributed by atoms with Crippen molar-refractivity contribution in [1.29, 1.82) is 5.53 Å². The molecule has 0 saturated carbocycles. The summed E-state index contributed by atoms with van der Waals surface area (Å²) in [7, 11) is 0. The number of hydrogen-bond donors (Lipinski definition) is 4. The third kappa shape index (κ3) is 8.96. The van der Waals surface area contributed by atoms with Crippen molar-refractivity contribution in [3.8, 4) is 0 Å². The Morgan fingerprint density at radius 3 is 2.46 bits per heavy atom. The molecule has 2 amide bonds. The van der Waals surface area contributed by atoms with Gasteiger partial charge in [0.1, 0.15) is 0 Å². The van der Waals surface area contributed by atoms with E-state index in [0.29, 0.717) is 38.3 Å². The van der Waals surface area contributed by atoms with E-state index in [-0.39, 0.29) is 29.8 Å². The van der Waals surface area contributed by atoms with Gasteiger partial charge < -0.3 is 16.4 Å². The third-order valence-corrected chi connectivity index (χ3v) is 4.51. The van der Waals surface area contributed by atoms with Gasteiger partial charge in [0.2, 0.25) is 12.3 Å². The zero-order valence-corrected chi connectivity index (χ0v) is 15.5. The van der Waals surface area contributed by atoms with Crippen molar-refractivity contribution >= 4 is 12.3 Å². The molecular weight excluding hydrogens is 306 g/mol. The van der Waals surface area contributed by atoms with Gasteiger partial charge in [-0.25, -0.2) is 5.53 Å². The van der Waals surface area contributed by atoms with Gasteiger partial charge >= 0.3 is 0 Å². The van der Waals surface area contributed by atoms with Crippen molar-refractivity contribution in [1.82, 2.24) is 10.6 Å². The van der Waals surface area contributed by atoms with E-state index in [9.17, 15) is 9.59 Å². The van der Waals surface area contributed by atoms with Gasteiger partial charge in [-0.15, -0.1) is 0 Å². The number of carbonyl (C=O) groups excluding carboxylic acids is 2. The first-order valence-corrected chi connectivity index (χ1v) is 8.94. The fourth-order valence-electron chi connectivity index (χ4n) is 2.66. The number of carbonyl (C=O) groups is 2. The molecule has 0 rings (SSSR count). The summed E-state index contributed by atoms with van der Waals surface area (Å²) in [4.78, 5) is 22.6. The molecule has 0 aromatic carbocycles. The van der Waals surface area contributed by atoms with E-state index < -0.39 is 0 Å². The van der Waals surface area contributed by atoms with Crippen LogP contribution in [0.1, 0.15) is 53.4 Å². The van der Waals surface area contributed by atoms with Crippen LogP contribution in [0.3, 0.4) is 0 Å². The highest BCUT2D eigenvalue weighted by Crippen LogP contribution is 2.21.